The number of hydrogen-bond acceptors (Lipinski definition) is 4. The summed E-state index contributed by atoms with van der Waals surface area (Å²) in [5.41, 5.74) is 2.52. The molecular formula is C30H36FN3O4S. The molecule has 208 valence electrons. The fourth-order valence-corrected chi connectivity index (χ4v) is 5.62. The van der Waals surface area contributed by atoms with Crippen molar-refractivity contribution < 1.29 is 22.4 Å². The van der Waals surface area contributed by atoms with Crippen molar-refractivity contribution in [2.75, 3.05) is 17.4 Å². The van der Waals surface area contributed by atoms with Gasteiger partial charge in [0.15, 0.2) is 0 Å². The van der Waals surface area contributed by atoms with Gasteiger partial charge in [-0.1, -0.05) is 55.8 Å². The number of benzene rings is 3. The Morgan fingerprint density at radius 2 is 1.64 bits per heavy atom. The summed E-state index contributed by atoms with van der Waals surface area (Å²) in [4.78, 5) is 28.3. The Kier molecular flexibility index (Phi) is 10.2. The molecule has 3 aromatic carbocycles. The molecule has 0 spiro atoms. The van der Waals surface area contributed by atoms with Crippen LogP contribution in [-0.2, 0) is 26.2 Å². The maximum absolute atomic E-state index is 13.9. The van der Waals surface area contributed by atoms with Gasteiger partial charge in [0.2, 0.25) is 11.8 Å². The third-order valence-corrected chi connectivity index (χ3v) is 8.28. The molecule has 0 aromatic heterocycles. The number of carbonyl (C=O) groups is 2. The van der Waals surface area contributed by atoms with Gasteiger partial charge in [0, 0.05) is 13.1 Å². The topological polar surface area (TPSA) is 86.8 Å². The van der Waals surface area contributed by atoms with E-state index in [4.69, 9.17) is 0 Å². The molecule has 0 heterocycles. The number of nitrogens with zero attached hydrogens (tertiary/aromatic N) is 2. The lowest BCUT2D eigenvalue weighted by Gasteiger charge is -2.32. The van der Waals surface area contributed by atoms with Crippen molar-refractivity contribution >= 4 is 27.5 Å². The zero-order valence-corrected chi connectivity index (χ0v) is 23.7. The molecule has 0 saturated heterocycles. The molecule has 0 aliphatic heterocycles. The maximum Gasteiger partial charge on any atom is 0.264 e. The average molecular weight is 554 g/mol. The second-order valence-corrected chi connectivity index (χ2v) is 11.4. The molecule has 39 heavy (non-hydrogen) atoms. The van der Waals surface area contributed by atoms with E-state index in [1.54, 1.807) is 50.2 Å². The van der Waals surface area contributed by atoms with Gasteiger partial charge >= 0.3 is 0 Å². The molecule has 0 fully saturated rings. The molecule has 7 nitrogen and oxygen atoms in total. The van der Waals surface area contributed by atoms with Crippen LogP contribution in [0.1, 0.15) is 43.4 Å². The molecule has 0 radical (unpaired) electrons. The average Bonchev–Trinajstić information content (AvgIpc) is 2.92. The summed E-state index contributed by atoms with van der Waals surface area (Å²) in [5, 5.41) is 2.85. The molecule has 1 atom stereocenters. The molecule has 0 unspecified atom stereocenters. The van der Waals surface area contributed by atoms with Gasteiger partial charge in [-0.05, 0) is 74.2 Å². The van der Waals surface area contributed by atoms with Crippen LogP contribution in [0.2, 0.25) is 0 Å². The van der Waals surface area contributed by atoms with E-state index in [0.29, 0.717) is 23.4 Å². The molecular weight excluding hydrogens is 517 g/mol. The molecule has 3 aromatic rings. The van der Waals surface area contributed by atoms with E-state index < -0.39 is 34.3 Å². The van der Waals surface area contributed by atoms with Crippen molar-refractivity contribution in [3.63, 3.8) is 0 Å². The van der Waals surface area contributed by atoms with Gasteiger partial charge in [0.1, 0.15) is 18.4 Å². The highest BCUT2D eigenvalue weighted by Gasteiger charge is 2.33. The Balaban J connectivity index is 2.02. The highest BCUT2D eigenvalue weighted by atomic mass is 32.2. The van der Waals surface area contributed by atoms with Crippen molar-refractivity contribution in [3.05, 3.63) is 95.3 Å². The van der Waals surface area contributed by atoms with E-state index >= 15 is 0 Å². The van der Waals surface area contributed by atoms with Crippen LogP contribution in [-0.4, -0.2) is 44.3 Å². The first-order valence-electron chi connectivity index (χ1n) is 13.0. The number of hydrogen-bond donors (Lipinski definition) is 1. The number of unbranched alkanes of at least 4 members (excludes halogenated alkanes) is 1. The number of sulfonamides is 1. The Morgan fingerprint density at radius 3 is 2.28 bits per heavy atom. The molecule has 0 bridgehead atoms. The van der Waals surface area contributed by atoms with E-state index in [-0.39, 0.29) is 17.3 Å². The smallest absolute Gasteiger partial charge is 0.264 e. The van der Waals surface area contributed by atoms with E-state index in [1.165, 1.54) is 29.2 Å². The van der Waals surface area contributed by atoms with Crippen molar-refractivity contribution in [2.45, 2.75) is 58.0 Å². The minimum atomic E-state index is -4.13. The van der Waals surface area contributed by atoms with Crippen molar-refractivity contribution in [1.82, 2.24) is 10.2 Å². The first-order chi connectivity index (χ1) is 18.5. The largest absolute Gasteiger partial charge is 0.354 e. The van der Waals surface area contributed by atoms with Gasteiger partial charge in [0.05, 0.1) is 10.6 Å². The SMILES string of the molecule is CCCCNC(=O)[C@H](C)N(Cc1ccc(F)cc1)C(=O)CN(c1cc(C)ccc1C)S(=O)(=O)c1ccccc1. The summed E-state index contributed by atoms with van der Waals surface area (Å²) < 4.78 is 42.4. The van der Waals surface area contributed by atoms with Gasteiger partial charge in [-0.2, -0.15) is 0 Å². The number of anilines is 1. The lowest BCUT2D eigenvalue weighted by Crippen LogP contribution is -2.51. The molecule has 9 heteroatoms. The Bertz CT molecular complexity index is 1380. The quantitative estimate of drug-likeness (QED) is 0.321. The number of nitrogens with one attached hydrogen (secondary N) is 1. The van der Waals surface area contributed by atoms with Crippen LogP contribution >= 0.6 is 0 Å². The van der Waals surface area contributed by atoms with Crippen molar-refractivity contribution in [2.24, 2.45) is 0 Å². The van der Waals surface area contributed by atoms with Crippen LogP contribution in [0.15, 0.2) is 77.7 Å². The second-order valence-electron chi connectivity index (χ2n) is 9.58. The number of amides is 2. The second kappa shape index (κ2) is 13.4. The lowest BCUT2D eigenvalue weighted by molar-refractivity contribution is -0.139. The van der Waals surface area contributed by atoms with E-state index in [9.17, 15) is 22.4 Å². The Morgan fingerprint density at radius 1 is 0.974 bits per heavy atom. The maximum atomic E-state index is 13.9. The number of halogens is 1. The number of rotatable bonds is 12. The summed E-state index contributed by atoms with van der Waals surface area (Å²) in [7, 11) is -4.13. The first-order valence-corrected chi connectivity index (χ1v) is 14.4. The summed E-state index contributed by atoms with van der Waals surface area (Å²) in [6, 6.07) is 18.1. The standard InChI is InChI=1S/C30H36FN3O4S/c1-5-6-18-32-30(36)24(4)33(20-25-14-16-26(31)17-15-25)29(35)21-34(28-19-22(2)12-13-23(28)3)39(37,38)27-10-8-7-9-11-27/h7-17,19,24H,5-6,18,20-21H2,1-4H3,(H,32,36)/t24-/m0/s1. The summed E-state index contributed by atoms with van der Waals surface area (Å²) >= 11 is 0. The predicted octanol–water partition coefficient (Wildman–Crippen LogP) is 4.97. The van der Waals surface area contributed by atoms with Gasteiger partial charge in [-0.3, -0.25) is 13.9 Å². The Hall–Kier alpha value is -3.72. The van der Waals surface area contributed by atoms with Crippen LogP contribution < -0.4 is 9.62 Å². The minimum Gasteiger partial charge on any atom is -0.354 e. The van der Waals surface area contributed by atoms with Crippen molar-refractivity contribution in [3.8, 4) is 0 Å². The first kappa shape index (κ1) is 29.8. The fourth-order valence-electron chi connectivity index (χ4n) is 4.13. The third-order valence-electron chi connectivity index (χ3n) is 6.51. The third kappa shape index (κ3) is 7.66. The van der Waals surface area contributed by atoms with Gasteiger partial charge in [-0.15, -0.1) is 0 Å². The van der Waals surface area contributed by atoms with E-state index in [0.717, 1.165) is 22.7 Å². The minimum absolute atomic E-state index is 0.00744. The zero-order chi connectivity index (χ0) is 28.6. The van der Waals surface area contributed by atoms with Crippen molar-refractivity contribution in [1.29, 1.82) is 0 Å². The fraction of sp³-hybridized carbons (Fsp3) is 0.333. The molecule has 0 aliphatic carbocycles. The van der Waals surface area contributed by atoms with Gasteiger partial charge < -0.3 is 10.2 Å². The van der Waals surface area contributed by atoms with Crippen LogP contribution in [0.3, 0.4) is 0 Å². The van der Waals surface area contributed by atoms with Crippen LogP contribution in [0.5, 0.6) is 0 Å². The zero-order valence-electron chi connectivity index (χ0n) is 22.9. The van der Waals surface area contributed by atoms with Crippen LogP contribution in [0.25, 0.3) is 0 Å². The lowest BCUT2D eigenvalue weighted by atomic mass is 10.1. The molecule has 2 amide bonds. The van der Waals surface area contributed by atoms with Gasteiger partial charge in [0.25, 0.3) is 10.0 Å². The number of aryl methyl sites for hydroxylation is 2. The molecule has 0 aliphatic rings. The highest BCUT2D eigenvalue weighted by Crippen LogP contribution is 2.28. The van der Waals surface area contributed by atoms with Crippen LogP contribution in [0, 0.1) is 19.7 Å². The Labute approximate surface area is 230 Å². The normalized spacial score (nSPS) is 12.0. The monoisotopic (exact) mass is 553 g/mol. The summed E-state index contributed by atoms with van der Waals surface area (Å²) in [5.74, 6) is -1.32. The summed E-state index contributed by atoms with van der Waals surface area (Å²) in [6.07, 6.45) is 1.69. The molecule has 3 rings (SSSR count). The molecule has 1 N–H and O–H groups in total. The van der Waals surface area contributed by atoms with E-state index in [2.05, 4.69) is 5.32 Å². The van der Waals surface area contributed by atoms with Gasteiger partial charge in [-0.25, -0.2) is 12.8 Å². The van der Waals surface area contributed by atoms with E-state index in [1.807, 2.05) is 26.0 Å². The highest BCUT2D eigenvalue weighted by molar-refractivity contribution is 7.92. The summed E-state index contributed by atoms with van der Waals surface area (Å²) in [6.45, 7) is 7.21. The predicted molar refractivity (Wildman–Crippen MR) is 151 cm³/mol. The molecule has 0 saturated carbocycles. The number of carbonyl (C=O) groups excluding carboxylic acids is 2. The van der Waals surface area contributed by atoms with Crippen LogP contribution in [0.4, 0.5) is 10.1 Å².